The van der Waals surface area contributed by atoms with Gasteiger partial charge in [-0.05, 0) is 62.4 Å². The molecule has 0 bridgehead atoms. The SMILES string of the molecule is Cc1cccn2c(=O)cc(CN3CCC(Cc4ccc(=O)[nH]c4)CC3)nc12. The molecule has 1 N–H and O–H groups in total. The number of pyridine rings is 2. The molecular formula is C21H24N4O2. The van der Waals surface area contributed by atoms with E-state index in [0.717, 1.165) is 49.3 Å². The number of H-pyrrole nitrogens is 1. The van der Waals surface area contributed by atoms with Crippen molar-refractivity contribution in [2.24, 2.45) is 5.92 Å². The van der Waals surface area contributed by atoms with Crippen molar-refractivity contribution in [3.05, 3.63) is 80.3 Å². The minimum Gasteiger partial charge on any atom is -0.329 e. The van der Waals surface area contributed by atoms with Gasteiger partial charge in [0.2, 0.25) is 5.56 Å². The Bertz CT molecular complexity index is 1040. The predicted octanol–water partition coefficient (Wildman–Crippen LogP) is 2.15. The van der Waals surface area contributed by atoms with E-state index in [1.807, 2.05) is 31.3 Å². The lowest BCUT2D eigenvalue weighted by Crippen LogP contribution is -2.34. The Kier molecular flexibility index (Phi) is 4.90. The second-order valence-electron chi connectivity index (χ2n) is 7.46. The Balaban J connectivity index is 1.40. The molecule has 0 amide bonds. The summed E-state index contributed by atoms with van der Waals surface area (Å²) in [5.74, 6) is 0.629. The first-order valence-electron chi connectivity index (χ1n) is 9.46. The van der Waals surface area contributed by atoms with Crippen LogP contribution in [-0.4, -0.2) is 32.4 Å². The van der Waals surface area contributed by atoms with Crippen molar-refractivity contribution in [2.45, 2.75) is 32.7 Å². The molecule has 0 saturated carbocycles. The van der Waals surface area contributed by atoms with Crippen LogP contribution < -0.4 is 11.1 Å². The number of piperidine rings is 1. The van der Waals surface area contributed by atoms with Crippen LogP contribution >= 0.6 is 0 Å². The standard InChI is InChI=1S/C21H24N4O2/c1-15-3-2-8-25-20(27)12-18(23-21(15)25)14-24-9-6-16(7-10-24)11-17-4-5-19(26)22-13-17/h2-5,8,12-13,16H,6-7,9-11,14H2,1H3,(H,22,26). The summed E-state index contributed by atoms with van der Waals surface area (Å²) in [5, 5.41) is 0. The molecule has 0 radical (unpaired) electrons. The maximum absolute atomic E-state index is 12.4. The summed E-state index contributed by atoms with van der Waals surface area (Å²) in [7, 11) is 0. The molecule has 1 aliphatic rings. The average molecular weight is 364 g/mol. The van der Waals surface area contributed by atoms with Crippen molar-refractivity contribution < 1.29 is 0 Å². The summed E-state index contributed by atoms with van der Waals surface area (Å²) in [6.07, 6.45) is 6.82. The van der Waals surface area contributed by atoms with E-state index < -0.39 is 0 Å². The Morgan fingerprint density at radius 1 is 1.19 bits per heavy atom. The molecule has 0 spiro atoms. The second kappa shape index (κ2) is 7.48. The summed E-state index contributed by atoms with van der Waals surface area (Å²) in [6, 6.07) is 9.02. The molecule has 3 aromatic heterocycles. The molecule has 27 heavy (non-hydrogen) atoms. The summed E-state index contributed by atoms with van der Waals surface area (Å²) < 4.78 is 1.61. The molecular weight excluding hydrogens is 340 g/mol. The number of hydrogen-bond donors (Lipinski definition) is 1. The van der Waals surface area contributed by atoms with Gasteiger partial charge in [0, 0.05) is 31.1 Å². The maximum atomic E-state index is 12.4. The molecule has 6 nitrogen and oxygen atoms in total. The number of likely N-dealkylation sites (tertiary alicyclic amines) is 1. The lowest BCUT2D eigenvalue weighted by Gasteiger charge is -2.31. The zero-order valence-electron chi connectivity index (χ0n) is 15.5. The van der Waals surface area contributed by atoms with E-state index in [1.54, 1.807) is 22.7 Å². The Hall–Kier alpha value is -2.73. The molecule has 4 rings (SSSR count). The quantitative estimate of drug-likeness (QED) is 0.770. The number of rotatable bonds is 4. The molecule has 3 aromatic rings. The number of aryl methyl sites for hydroxylation is 1. The summed E-state index contributed by atoms with van der Waals surface area (Å²) in [4.78, 5) is 33.4. The fourth-order valence-electron chi connectivity index (χ4n) is 3.87. The topological polar surface area (TPSA) is 70.5 Å². The fraction of sp³-hybridized carbons (Fsp3) is 0.381. The number of hydrogen-bond acceptors (Lipinski definition) is 4. The lowest BCUT2D eigenvalue weighted by atomic mass is 9.90. The average Bonchev–Trinajstić information content (AvgIpc) is 2.66. The number of fused-ring (bicyclic) bond motifs is 1. The van der Waals surface area contributed by atoms with Crippen LogP contribution in [0.2, 0.25) is 0 Å². The molecule has 4 heterocycles. The third-order valence-electron chi connectivity index (χ3n) is 5.41. The zero-order chi connectivity index (χ0) is 18.8. The maximum Gasteiger partial charge on any atom is 0.258 e. The van der Waals surface area contributed by atoms with Crippen molar-refractivity contribution >= 4 is 5.65 Å². The zero-order valence-corrected chi connectivity index (χ0v) is 15.5. The van der Waals surface area contributed by atoms with Gasteiger partial charge in [0.05, 0.1) is 5.69 Å². The number of nitrogens with one attached hydrogen (secondary N) is 1. The van der Waals surface area contributed by atoms with Crippen LogP contribution in [0.3, 0.4) is 0 Å². The van der Waals surface area contributed by atoms with Gasteiger partial charge in [-0.15, -0.1) is 0 Å². The van der Waals surface area contributed by atoms with Gasteiger partial charge in [-0.25, -0.2) is 4.98 Å². The first kappa shape index (κ1) is 17.7. The minimum absolute atomic E-state index is 0.0216. The van der Waals surface area contributed by atoms with E-state index in [2.05, 4.69) is 9.88 Å². The second-order valence-corrected chi connectivity index (χ2v) is 7.46. The van der Waals surface area contributed by atoms with Gasteiger partial charge in [0.15, 0.2) is 0 Å². The largest absolute Gasteiger partial charge is 0.329 e. The van der Waals surface area contributed by atoms with Gasteiger partial charge in [-0.1, -0.05) is 12.1 Å². The molecule has 6 heteroatoms. The van der Waals surface area contributed by atoms with Crippen molar-refractivity contribution in [3.63, 3.8) is 0 Å². The van der Waals surface area contributed by atoms with Gasteiger partial charge < -0.3 is 4.98 Å². The Morgan fingerprint density at radius 2 is 2.00 bits per heavy atom. The Morgan fingerprint density at radius 3 is 2.74 bits per heavy atom. The van der Waals surface area contributed by atoms with Crippen LogP contribution in [0, 0.1) is 12.8 Å². The normalized spacial score (nSPS) is 16.0. The monoisotopic (exact) mass is 364 g/mol. The molecule has 140 valence electrons. The van der Waals surface area contributed by atoms with Crippen molar-refractivity contribution in [2.75, 3.05) is 13.1 Å². The van der Waals surface area contributed by atoms with E-state index in [0.29, 0.717) is 12.5 Å². The number of aromatic amines is 1. The molecule has 0 aromatic carbocycles. The summed E-state index contributed by atoms with van der Waals surface area (Å²) in [5.41, 5.74) is 3.71. The van der Waals surface area contributed by atoms with Crippen LogP contribution in [-0.2, 0) is 13.0 Å². The number of aromatic nitrogens is 3. The van der Waals surface area contributed by atoms with Crippen LogP contribution in [0.4, 0.5) is 0 Å². The van der Waals surface area contributed by atoms with Gasteiger partial charge in [-0.3, -0.25) is 18.9 Å². The molecule has 0 unspecified atom stereocenters. The molecule has 0 atom stereocenters. The van der Waals surface area contributed by atoms with E-state index in [-0.39, 0.29) is 11.1 Å². The fourth-order valence-corrected chi connectivity index (χ4v) is 3.87. The van der Waals surface area contributed by atoms with Gasteiger partial charge in [0.1, 0.15) is 5.65 Å². The van der Waals surface area contributed by atoms with E-state index in [1.165, 1.54) is 5.56 Å². The van der Waals surface area contributed by atoms with Gasteiger partial charge in [-0.2, -0.15) is 0 Å². The predicted molar refractivity (Wildman–Crippen MR) is 105 cm³/mol. The van der Waals surface area contributed by atoms with Crippen LogP contribution in [0.5, 0.6) is 0 Å². The highest BCUT2D eigenvalue weighted by atomic mass is 16.1. The first-order valence-corrected chi connectivity index (χ1v) is 9.46. The van der Waals surface area contributed by atoms with Crippen LogP contribution in [0.15, 0.2) is 52.3 Å². The molecule has 1 saturated heterocycles. The lowest BCUT2D eigenvalue weighted by molar-refractivity contribution is 0.175. The highest BCUT2D eigenvalue weighted by Gasteiger charge is 2.20. The van der Waals surface area contributed by atoms with E-state index >= 15 is 0 Å². The van der Waals surface area contributed by atoms with Gasteiger partial charge >= 0.3 is 0 Å². The molecule has 0 aliphatic carbocycles. The number of nitrogens with zero attached hydrogens (tertiary/aromatic N) is 3. The minimum atomic E-state index is -0.0532. The van der Waals surface area contributed by atoms with Crippen molar-refractivity contribution in [1.82, 2.24) is 19.3 Å². The van der Waals surface area contributed by atoms with Crippen molar-refractivity contribution in [1.29, 1.82) is 0 Å². The molecule has 1 aliphatic heterocycles. The summed E-state index contributed by atoms with van der Waals surface area (Å²) in [6.45, 7) is 4.70. The van der Waals surface area contributed by atoms with Crippen molar-refractivity contribution in [3.8, 4) is 0 Å². The first-order chi connectivity index (χ1) is 13.1. The van der Waals surface area contributed by atoms with Gasteiger partial charge in [0.25, 0.3) is 5.56 Å². The molecule has 1 fully saturated rings. The third-order valence-corrected chi connectivity index (χ3v) is 5.41. The van der Waals surface area contributed by atoms with E-state index in [9.17, 15) is 9.59 Å². The highest BCUT2D eigenvalue weighted by molar-refractivity contribution is 5.46. The van der Waals surface area contributed by atoms with Crippen LogP contribution in [0.1, 0.15) is 29.7 Å². The summed E-state index contributed by atoms with van der Waals surface area (Å²) >= 11 is 0. The highest BCUT2D eigenvalue weighted by Crippen LogP contribution is 2.22. The van der Waals surface area contributed by atoms with E-state index in [4.69, 9.17) is 4.98 Å². The smallest absolute Gasteiger partial charge is 0.258 e. The third kappa shape index (κ3) is 4.01. The Labute approximate surface area is 157 Å². The van der Waals surface area contributed by atoms with Crippen LogP contribution in [0.25, 0.3) is 5.65 Å².